The summed E-state index contributed by atoms with van der Waals surface area (Å²) < 4.78 is 5.45. The highest BCUT2D eigenvalue weighted by Crippen LogP contribution is 2.29. The van der Waals surface area contributed by atoms with Gasteiger partial charge >= 0.3 is 6.09 Å². The zero-order valence-electron chi connectivity index (χ0n) is 18.6. The number of amidine groups is 1. The Bertz CT molecular complexity index is 970. The Hall–Kier alpha value is -3.07. The van der Waals surface area contributed by atoms with Crippen LogP contribution in [0.25, 0.3) is 0 Å². The van der Waals surface area contributed by atoms with E-state index in [1.165, 1.54) is 5.01 Å². The van der Waals surface area contributed by atoms with Crippen molar-refractivity contribution in [2.24, 2.45) is 27.0 Å². The molecule has 2 aliphatic heterocycles. The van der Waals surface area contributed by atoms with E-state index < -0.39 is 11.5 Å². The molecule has 3 N–H and O–H groups in total. The van der Waals surface area contributed by atoms with Crippen LogP contribution in [0.15, 0.2) is 63.5 Å². The molecule has 0 spiro atoms. The van der Waals surface area contributed by atoms with Gasteiger partial charge in [0.05, 0.1) is 6.54 Å². The molecule has 1 aromatic rings. The Balaban J connectivity index is 1.70. The van der Waals surface area contributed by atoms with E-state index in [1.807, 2.05) is 39.0 Å². The van der Waals surface area contributed by atoms with Crippen LogP contribution in [-0.4, -0.2) is 45.6 Å². The number of ether oxygens (including phenoxy) is 1. The number of aliphatic hydroxyl groups is 1. The Labute approximate surface area is 192 Å². The molecule has 0 saturated carbocycles. The van der Waals surface area contributed by atoms with Gasteiger partial charge in [-0.1, -0.05) is 41.6 Å². The number of allylic oxidation sites excluding steroid dienone is 1. The maximum absolute atomic E-state index is 12.3. The van der Waals surface area contributed by atoms with Crippen LogP contribution in [0, 0.1) is 5.92 Å². The number of halogens is 1. The molecule has 0 aliphatic carbocycles. The van der Waals surface area contributed by atoms with Crippen LogP contribution in [0.5, 0.6) is 0 Å². The molecule has 0 unspecified atom stereocenters. The molecule has 1 aromatic carbocycles. The Morgan fingerprint density at radius 1 is 1.34 bits per heavy atom. The topological polar surface area (TPSA) is 116 Å². The SMILES string of the molecule is C=C(/N=C1\C(=C(/N)O)N=NN1Cc1ccccc1Cl)C1CCN(C(=O)OC(C)(C)C)CC1. The molecule has 1 saturated heterocycles. The van der Waals surface area contributed by atoms with Crippen molar-refractivity contribution in [2.75, 3.05) is 13.1 Å². The van der Waals surface area contributed by atoms with Crippen molar-refractivity contribution >= 4 is 23.5 Å². The first-order valence-corrected chi connectivity index (χ1v) is 10.8. The third kappa shape index (κ3) is 5.79. The summed E-state index contributed by atoms with van der Waals surface area (Å²) in [4.78, 5) is 18.6. The van der Waals surface area contributed by atoms with Crippen LogP contribution in [0.2, 0.25) is 5.02 Å². The number of nitrogens with zero attached hydrogens (tertiary/aromatic N) is 5. The highest BCUT2D eigenvalue weighted by Gasteiger charge is 2.30. The van der Waals surface area contributed by atoms with Gasteiger partial charge in [0.2, 0.25) is 5.88 Å². The second-order valence-corrected chi connectivity index (χ2v) is 9.15. The fourth-order valence-electron chi connectivity index (χ4n) is 3.43. The van der Waals surface area contributed by atoms with Gasteiger partial charge in [-0.15, -0.1) is 5.11 Å². The molecule has 172 valence electrons. The average molecular weight is 461 g/mol. The zero-order chi connectivity index (χ0) is 23.5. The fourth-order valence-corrected chi connectivity index (χ4v) is 3.62. The molecule has 32 heavy (non-hydrogen) atoms. The van der Waals surface area contributed by atoms with Crippen molar-refractivity contribution in [2.45, 2.75) is 45.8 Å². The van der Waals surface area contributed by atoms with Crippen LogP contribution >= 0.6 is 11.6 Å². The van der Waals surface area contributed by atoms with Gasteiger partial charge in [-0.25, -0.2) is 14.8 Å². The molecule has 2 aliphatic rings. The normalized spacial score (nSPS) is 20.1. The number of nitrogens with two attached hydrogens (primary N) is 1. The number of amides is 1. The van der Waals surface area contributed by atoms with Gasteiger partial charge in [-0.3, -0.25) is 0 Å². The number of piperidine rings is 1. The molecule has 3 rings (SSSR count). The molecule has 0 aromatic heterocycles. The smallest absolute Gasteiger partial charge is 0.410 e. The predicted molar refractivity (Wildman–Crippen MR) is 123 cm³/mol. The van der Waals surface area contributed by atoms with Gasteiger partial charge < -0.3 is 20.5 Å². The lowest BCUT2D eigenvalue weighted by Crippen LogP contribution is -2.42. The van der Waals surface area contributed by atoms with Crippen molar-refractivity contribution in [3.63, 3.8) is 0 Å². The molecule has 1 fully saturated rings. The summed E-state index contributed by atoms with van der Waals surface area (Å²) in [5.41, 5.74) is 6.59. The van der Waals surface area contributed by atoms with Gasteiger partial charge in [0.1, 0.15) is 5.60 Å². The number of aliphatic hydroxyl groups excluding tert-OH is 1. The van der Waals surface area contributed by atoms with E-state index in [2.05, 4.69) is 21.9 Å². The molecular formula is C22H29ClN6O3. The van der Waals surface area contributed by atoms with Crippen molar-refractivity contribution in [3.05, 3.63) is 58.7 Å². The molecule has 9 nitrogen and oxygen atoms in total. The molecular weight excluding hydrogens is 432 g/mol. The predicted octanol–water partition coefficient (Wildman–Crippen LogP) is 4.77. The average Bonchev–Trinajstić information content (AvgIpc) is 3.11. The fraction of sp³-hybridized carbons (Fsp3) is 0.455. The van der Waals surface area contributed by atoms with Crippen molar-refractivity contribution in [1.82, 2.24) is 9.91 Å². The third-order valence-electron chi connectivity index (χ3n) is 5.10. The Morgan fingerprint density at radius 3 is 2.59 bits per heavy atom. The summed E-state index contributed by atoms with van der Waals surface area (Å²) in [5.74, 6) is -0.101. The van der Waals surface area contributed by atoms with Crippen LogP contribution in [0.4, 0.5) is 4.79 Å². The van der Waals surface area contributed by atoms with Crippen LogP contribution in [-0.2, 0) is 11.3 Å². The number of likely N-dealkylation sites (tertiary alicyclic amines) is 1. The van der Waals surface area contributed by atoms with Gasteiger partial charge in [0, 0.05) is 29.7 Å². The van der Waals surface area contributed by atoms with E-state index in [-0.39, 0.29) is 17.7 Å². The summed E-state index contributed by atoms with van der Waals surface area (Å²) >= 11 is 6.27. The van der Waals surface area contributed by atoms with Crippen molar-refractivity contribution < 1.29 is 14.6 Å². The largest absolute Gasteiger partial charge is 0.493 e. The van der Waals surface area contributed by atoms with E-state index in [1.54, 1.807) is 11.0 Å². The molecule has 1 amide bonds. The number of rotatable bonds is 4. The van der Waals surface area contributed by atoms with E-state index in [0.717, 1.165) is 5.56 Å². The molecule has 0 radical (unpaired) electrons. The lowest BCUT2D eigenvalue weighted by atomic mass is 9.94. The first-order chi connectivity index (χ1) is 15.0. The van der Waals surface area contributed by atoms with E-state index in [9.17, 15) is 9.90 Å². The van der Waals surface area contributed by atoms with Crippen LogP contribution in [0.1, 0.15) is 39.2 Å². The lowest BCUT2D eigenvalue weighted by molar-refractivity contribution is 0.0194. The van der Waals surface area contributed by atoms with Gasteiger partial charge in [-0.05, 0) is 45.2 Å². The monoisotopic (exact) mass is 460 g/mol. The van der Waals surface area contributed by atoms with Crippen LogP contribution in [0.3, 0.4) is 0 Å². The van der Waals surface area contributed by atoms with Crippen molar-refractivity contribution in [3.8, 4) is 0 Å². The standard InChI is InChI=1S/C22H29ClN6O3/c1-14(15-9-11-28(12-10-15)21(31)32-22(2,3)4)25-20-18(19(24)30)26-27-29(20)13-16-7-5-6-8-17(16)23/h5-8,15,30H,1,9-13,24H2,2-4H3/b19-18-,25-20+. The summed E-state index contributed by atoms with van der Waals surface area (Å²) in [5, 5.41) is 20.0. The first kappa shape index (κ1) is 23.6. The van der Waals surface area contributed by atoms with Gasteiger partial charge in [0.15, 0.2) is 11.5 Å². The van der Waals surface area contributed by atoms with Crippen molar-refractivity contribution in [1.29, 1.82) is 0 Å². The van der Waals surface area contributed by atoms with E-state index >= 15 is 0 Å². The summed E-state index contributed by atoms with van der Waals surface area (Å²) in [7, 11) is 0. The molecule has 0 atom stereocenters. The summed E-state index contributed by atoms with van der Waals surface area (Å²) in [6, 6.07) is 7.38. The number of benzene rings is 1. The highest BCUT2D eigenvalue weighted by molar-refractivity contribution is 6.31. The number of hydrogen-bond acceptors (Lipinski definition) is 7. The Morgan fingerprint density at radius 2 is 2.00 bits per heavy atom. The number of carbonyl (C=O) groups excluding carboxylic acids is 1. The number of aliphatic imine (C=N–C) groups is 1. The second kappa shape index (κ2) is 9.60. The molecule has 0 bridgehead atoms. The van der Waals surface area contributed by atoms with E-state index in [4.69, 9.17) is 22.1 Å². The molecule has 2 heterocycles. The molecule has 10 heteroatoms. The summed E-state index contributed by atoms with van der Waals surface area (Å²) in [6.07, 6.45) is 1.08. The lowest BCUT2D eigenvalue weighted by Gasteiger charge is -2.33. The maximum Gasteiger partial charge on any atom is 0.410 e. The minimum Gasteiger partial charge on any atom is -0.493 e. The quantitative estimate of drug-likeness (QED) is 0.628. The van der Waals surface area contributed by atoms with Crippen LogP contribution < -0.4 is 5.73 Å². The van der Waals surface area contributed by atoms with E-state index in [0.29, 0.717) is 49.0 Å². The van der Waals surface area contributed by atoms with Gasteiger partial charge in [0.25, 0.3) is 0 Å². The number of hydrogen-bond donors (Lipinski definition) is 2. The number of carbonyl (C=O) groups is 1. The second-order valence-electron chi connectivity index (χ2n) is 8.74. The minimum atomic E-state index is -0.531. The first-order valence-electron chi connectivity index (χ1n) is 10.4. The highest BCUT2D eigenvalue weighted by atomic mass is 35.5. The third-order valence-corrected chi connectivity index (χ3v) is 5.47. The summed E-state index contributed by atoms with van der Waals surface area (Å²) in [6.45, 7) is 11.1. The Kier molecular flexibility index (Phi) is 7.08. The maximum atomic E-state index is 12.3. The zero-order valence-corrected chi connectivity index (χ0v) is 19.3. The minimum absolute atomic E-state index is 0.0603. The van der Waals surface area contributed by atoms with Gasteiger partial charge in [-0.2, -0.15) is 0 Å².